The summed E-state index contributed by atoms with van der Waals surface area (Å²) in [5, 5.41) is 2.72. The molecule has 11 heteroatoms. The predicted octanol–water partition coefficient (Wildman–Crippen LogP) is 1.41. The summed E-state index contributed by atoms with van der Waals surface area (Å²) in [4.78, 5) is 24.8. The fourth-order valence-corrected chi connectivity index (χ4v) is 5.68. The van der Waals surface area contributed by atoms with Gasteiger partial charge >= 0.3 is 5.97 Å². The monoisotopic (exact) mass is 440 g/mol. The maximum absolute atomic E-state index is 13.2. The highest BCUT2D eigenvalue weighted by molar-refractivity contribution is 7.89. The molecule has 0 radical (unpaired) electrons. The molecular formula is C18H24N4O5S2. The third-order valence-corrected chi connectivity index (χ3v) is 7.48. The van der Waals surface area contributed by atoms with E-state index in [0.717, 1.165) is 11.7 Å². The standard InChI is InChI=1S/C18H24N4O5S2/c1-11(2)15(18(24)27-3)19-17(23)12-6-5-9-22(10-12)29(25,26)14-8-4-7-13-16(14)21-28-20-13/h4,7-8,11-12,15H,5-6,9-10H2,1-3H3,(H,19,23). The number of nitrogens with zero attached hydrogens (tertiary/aromatic N) is 3. The quantitative estimate of drug-likeness (QED) is 0.675. The largest absolute Gasteiger partial charge is 0.467 e. The maximum Gasteiger partial charge on any atom is 0.328 e. The Bertz CT molecular complexity index is 1000. The number of methoxy groups -OCH3 is 1. The van der Waals surface area contributed by atoms with E-state index < -0.39 is 28.0 Å². The number of nitrogens with one attached hydrogen (secondary N) is 1. The summed E-state index contributed by atoms with van der Waals surface area (Å²) in [6, 6.07) is 4.08. The molecule has 29 heavy (non-hydrogen) atoms. The Morgan fingerprint density at radius 1 is 1.31 bits per heavy atom. The summed E-state index contributed by atoms with van der Waals surface area (Å²) in [5.74, 6) is -1.55. The van der Waals surface area contributed by atoms with Gasteiger partial charge < -0.3 is 10.1 Å². The van der Waals surface area contributed by atoms with Crippen molar-refractivity contribution in [1.29, 1.82) is 0 Å². The Morgan fingerprint density at radius 3 is 2.76 bits per heavy atom. The van der Waals surface area contributed by atoms with Crippen LogP contribution in [-0.4, -0.2) is 59.6 Å². The van der Waals surface area contributed by atoms with Gasteiger partial charge in [-0.15, -0.1) is 0 Å². The third kappa shape index (κ3) is 4.41. The molecule has 0 aliphatic carbocycles. The van der Waals surface area contributed by atoms with Crippen molar-refractivity contribution in [2.45, 2.75) is 37.6 Å². The van der Waals surface area contributed by atoms with Crippen molar-refractivity contribution in [2.24, 2.45) is 11.8 Å². The van der Waals surface area contributed by atoms with Crippen LogP contribution in [-0.2, 0) is 24.3 Å². The van der Waals surface area contributed by atoms with Gasteiger partial charge in [0.2, 0.25) is 15.9 Å². The van der Waals surface area contributed by atoms with E-state index in [1.54, 1.807) is 12.1 Å². The first-order valence-corrected chi connectivity index (χ1v) is 11.5. The molecule has 2 unspecified atom stereocenters. The van der Waals surface area contributed by atoms with Crippen LogP contribution < -0.4 is 5.32 Å². The Labute approximate surface area is 173 Å². The lowest BCUT2D eigenvalue weighted by Gasteiger charge is -2.32. The minimum atomic E-state index is -3.82. The van der Waals surface area contributed by atoms with Crippen LogP contribution in [0.15, 0.2) is 23.1 Å². The first kappa shape index (κ1) is 21.6. The zero-order valence-corrected chi connectivity index (χ0v) is 18.1. The highest BCUT2D eigenvalue weighted by atomic mass is 32.2. The number of hydrogen-bond donors (Lipinski definition) is 1. The molecule has 0 bridgehead atoms. The molecule has 1 saturated heterocycles. The minimum absolute atomic E-state index is 0.0497. The average molecular weight is 441 g/mol. The number of sulfonamides is 1. The number of ether oxygens (including phenoxy) is 1. The van der Waals surface area contributed by atoms with Gasteiger partial charge in [0.15, 0.2) is 0 Å². The van der Waals surface area contributed by atoms with E-state index in [-0.39, 0.29) is 23.3 Å². The molecule has 1 aromatic heterocycles. The van der Waals surface area contributed by atoms with E-state index in [1.807, 2.05) is 13.8 Å². The molecule has 1 aliphatic heterocycles. The SMILES string of the molecule is COC(=O)C(NC(=O)C1CCCN(S(=O)(=O)c2cccc3nsnc23)C1)C(C)C. The first-order valence-electron chi connectivity index (χ1n) is 9.35. The molecule has 0 saturated carbocycles. The van der Waals surface area contributed by atoms with Crippen LogP contribution >= 0.6 is 11.7 Å². The zero-order chi connectivity index (χ0) is 21.2. The van der Waals surface area contributed by atoms with Crippen LogP contribution in [0.3, 0.4) is 0 Å². The van der Waals surface area contributed by atoms with Crippen LogP contribution in [0.4, 0.5) is 0 Å². The van der Waals surface area contributed by atoms with E-state index in [4.69, 9.17) is 4.74 Å². The van der Waals surface area contributed by atoms with Gasteiger partial charge in [-0.05, 0) is 30.9 Å². The maximum atomic E-state index is 13.2. The summed E-state index contributed by atoms with van der Waals surface area (Å²) < 4.78 is 40.7. The Morgan fingerprint density at radius 2 is 2.07 bits per heavy atom. The van der Waals surface area contributed by atoms with Crippen molar-refractivity contribution in [3.8, 4) is 0 Å². The van der Waals surface area contributed by atoms with Crippen molar-refractivity contribution in [3.05, 3.63) is 18.2 Å². The molecule has 3 rings (SSSR count). The topological polar surface area (TPSA) is 119 Å². The average Bonchev–Trinajstić information content (AvgIpc) is 3.19. The van der Waals surface area contributed by atoms with E-state index in [9.17, 15) is 18.0 Å². The van der Waals surface area contributed by atoms with Crippen molar-refractivity contribution in [2.75, 3.05) is 20.2 Å². The fourth-order valence-electron chi connectivity index (χ4n) is 3.40. The molecule has 9 nitrogen and oxygen atoms in total. The summed E-state index contributed by atoms with van der Waals surface area (Å²) in [6.45, 7) is 3.99. The molecule has 2 aromatic rings. The van der Waals surface area contributed by atoms with Crippen LogP contribution in [0.2, 0.25) is 0 Å². The molecule has 0 spiro atoms. The van der Waals surface area contributed by atoms with E-state index in [0.29, 0.717) is 30.4 Å². The van der Waals surface area contributed by atoms with Gasteiger partial charge in [0.1, 0.15) is 22.0 Å². The second-order valence-electron chi connectivity index (χ2n) is 7.34. The summed E-state index contributed by atoms with van der Waals surface area (Å²) in [6.07, 6.45) is 1.10. The van der Waals surface area contributed by atoms with E-state index in [1.165, 1.54) is 17.5 Å². The first-order chi connectivity index (χ1) is 13.8. The van der Waals surface area contributed by atoms with E-state index >= 15 is 0 Å². The molecule has 1 aromatic carbocycles. The lowest BCUT2D eigenvalue weighted by atomic mass is 9.97. The van der Waals surface area contributed by atoms with Gasteiger partial charge in [-0.2, -0.15) is 13.1 Å². The van der Waals surface area contributed by atoms with Crippen molar-refractivity contribution in [1.82, 2.24) is 18.4 Å². The number of benzene rings is 1. The predicted molar refractivity (Wildman–Crippen MR) is 108 cm³/mol. The smallest absolute Gasteiger partial charge is 0.328 e. The number of piperidine rings is 1. The van der Waals surface area contributed by atoms with Crippen LogP contribution in [0.25, 0.3) is 11.0 Å². The summed E-state index contributed by atoms with van der Waals surface area (Å²) in [5.41, 5.74) is 0.870. The number of fused-ring (bicyclic) bond motifs is 1. The number of esters is 1. The molecule has 1 amide bonds. The number of amides is 1. The lowest BCUT2D eigenvalue weighted by molar-refractivity contribution is -0.147. The highest BCUT2D eigenvalue weighted by Crippen LogP contribution is 2.28. The number of aromatic nitrogens is 2. The van der Waals surface area contributed by atoms with Gasteiger partial charge in [-0.3, -0.25) is 4.79 Å². The normalized spacial score (nSPS) is 19.2. The van der Waals surface area contributed by atoms with Gasteiger partial charge in [0.05, 0.1) is 24.8 Å². The molecule has 2 heterocycles. The highest BCUT2D eigenvalue weighted by Gasteiger charge is 2.36. The zero-order valence-electron chi connectivity index (χ0n) is 16.5. The molecule has 1 fully saturated rings. The summed E-state index contributed by atoms with van der Waals surface area (Å²) >= 11 is 0.959. The van der Waals surface area contributed by atoms with Gasteiger partial charge in [-0.1, -0.05) is 19.9 Å². The molecule has 2 atom stereocenters. The molecular weight excluding hydrogens is 416 g/mol. The fraction of sp³-hybridized carbons (Fsp3) is 0.556. The van der Waals surface area contributed by atoms with Crippen LogP contribution in [0.1, 0.15) is 26.7 Å². The van der Waals surface area contributed by atoms with Gasteiger partial charge in [0.25, 0.3) is 0 Å². The Hall–Kier alpha value is -2.11. The molecule has 1 aliphatic rings. The number of carbonyl (C=O) groups excluding carboxylic acids is 2. The summed E-state index contributed by atoms with van der Waals surface area (Å²) in [7, 11) is -2.55. The van der Waals surface area contributed by atoms with Gasteiger partial charge in [-0.25, -0.2) is 13.2 Å². The van der Waals surface area contributed by atoms with Crippen molar-refractivity contribution < 1.29 is 22.7 Å². The second-order valence-corrected chi connectivity index (χ2v) is 9.78. The van der Waals surface area contributed by atoms with Crippen molar-refractivity contribution in [3.63, 3.8) is 0 Å². The Balaban J connectivity index is 1.79. The number of carbonyl (C=O) groups is 2. The minimum Gasteiger partial charge on any atom is -0.467 e. The number of rotatable bonds is 6. The molecule has 158 valence electrons. The third-order valence-electron chi connectivity index (χ3n) is 5.04. The molecule has 1 N–H and O–H groups in total. The lowest BCUT2D eigenvalue weighted by Crippen LogP contribution is -2.51. The van der Waals surface area contributed by atoms with Crippen molar-refractivity contribution >= 4 is 44.7 Å². The van der Waals surface area contributed by atoms with Crippen LogP contribution in [0, 0.1) is 11.8 Å². The van der Waals surface area contributed by atoms with Crippen LogP contribution in [0.5, 0.6) is 0 Å². The number of hydrogen-bond acceptors (Lipinski definition) is 8. The second kappa shape index (κ2) is 8.72. The van der Waals surface area contributed by atoms with Gasteiger partial charge in [0, 0.05) is 13.1 Å². The van der Waals surface area contributed by atoms with E-state index in [2.05, 4.69) is 14.1 Å². The Kier molecular flexibility index (Phi) is 6.49.